The second kappa shape index (κ2) is 6.40. The number of hydrogen-bond acceptors (Lipinski definition) is 3. The van der Waals surface area contributed by atoms with Crippen LogP contribution in [0, 0.1) is 0 Å². The molecule has 1 aliphatic rings. The van der Waals surface area contributed by atoms with Crippen molar-refractivity contribution in [2.75, 3.05) is 13.6 Å². The molecule has 0 N–H and O–H groups in total. The van der Waals surface area contributed by atoms with Crippen LogP contribution < -0.4 is 0 Å². The molecule has 0 aromatic carbocycles. The summed E-state index contributed by atoms with van der Waals surface area (Å²) in [5, 5.41) is 0. The molecule has 5 nitrogen and oxygen atoms in total. The third kappa shape index (κ3) is 3.61. The topological polar surface area (TPSA) is 59.4 Å². The van der Waals surface area contributed by atoms with Gasteiger partial charge in [0.25, 0.3) is 15.0 Å². The number of aromatic nitrogens is 1. The Kier molecular flexibility index (Phi) is 4.99. The zero-order chi connectivity index (χ0) is 15.6. The van der Waals surface area contributed by atoms with Crippen molar-refractivity contribution in [1.29, 1.82) is 0 Å². The molecule has 0 aliphatic heterocycles. The SMILES string of the molecule is CCCN(C)C(=O)c1cc(S(=O)(=O)Cl)cn1C1CCCC1. The summed E-state index contributed by atoms with van der Waals surface area (Å²) < 4.78 is 24.9. The van der Waals surface area contributed by atoms with E-state index in [1.165, 1.54) is 12.3 Å². The fourth-order valence-electron chi connectivity index (χ4n) is 2.88. The number of amides is 1. The van der Waals surface area contributed by atoms with Gasteiger partial charge in [-0.05, 0) is 25.3 Å². The Bertz CT molecular complexity index is 618. The fraction of sp³-hybridized carbons (Fsp3) is 0.643. The average molecular weight is 333 g/mol. The molecule has 1 saturated carbocycles. The zero-order valence-electron chi connectivity index (χ0n) is 12.4. The quantitative estimate of drug-likeness (QED) is 0.779. The monoisotopic (exact) mass is 332 g/mol. The first-order valence-electron chi connectivity index (χ1n) is 7.26. The van der Waals surface area contributed by atoms with Crippen LogP contribution in [0.5, 0.6) is 0 Å². The summed E-state index contributed by atoms with van der Waals surface area (Å²) in [6.45, 7) is 2.63. The number of rotatable bonds is 5. The Morgan fingerprint density at radius 1 is 1.43 bits per heavy atom. The molecule has 2 rings (SSSR count). The second-order valence-electron chi connectivity index (χ2n) is 5.57. The second-order valence-corrected chi connectivity index (χ2v) is 8.14. The molecule has 1 aromatic rings. The Morgan fingerprint density at radius 3 is 2.57 bits per heavy atom. The van der Waals surface area contributed by atoms with E-state index in [4.69, 9.17) is 10.7 Å². The van der Waals surface area contributed by atoms with Gasteiger partial charge in [-0.25, -0.2) is 8.42 Å². The van der Waals surface area contributed by atoms with Crippen LogP contribution in [0.3, 0.4) is 0 Å². The summed E-state index contributed by atoms with van der Waals surface area (Å²) in [6.07, 6.45) is 6.50. The van der Waals surface area contributed by atoms with Gasteiger partial charge in [0.05, 0.1) is 0 Å². The largest absolute Gasteiger partial charge is 0.340 e. The Labute approximate surface area is 130 Å². The van der Waals surface area contributed by atoms with Crippen molar-refractivity contribution in [3.63, 3.8) is 0 Å². The minimum atomic E-state index is -3.82. The van der Waals surface area contributed by atoms with Crippen LogP contribution in [-0.4, -0.2) is 37.4 Å². The van der Waals surface area contributed by atoms with E-state index in [9.17, 15) is 13.2 Å². The predicted octanol–water partition coefficient (Wildman–Crippen LogP) is 3.01. The highest BCUT2D eigenvalue weighted by Gasteiger charge is 2.27. The molecule has 21 heavy (non-hydrogen) atoms. The van der Waals surface area contributed by atoms with Gasteiger partial charge in [-0.1, -0.05) is 19.8 Å². The molecule has 0 atom stereocenters. The lowest BCUT2D eigenvalue weighted by molar-refractivity contribution is 0.0782. The minimum absolute atomic E-state index is 0.00400. The molecule has 1 fully saturated rings. The van der Waals surface area contributed by atoms with Crippen molar-refractivity contribution in [2.24, 2.45) is 0 Å². The highest BCUT2D eigenvalue weighted by molar-refractivity contribution is 8.13. The van der Waals surface area contributed by atoms with Gasteiger partial charge in [-0.15, -0.1) is 0 Å². The number of carbonyl (C=O) groups is 1. The molecule has 1 aliphatic carbocycles. The van der Waals surface area contributed by atoms with Gasteiger partial charge < -0.3 is 9.47 Å². The van der Waals surface area contributed by atoms with Gasteiger partial charge in [0, 0.05) is 36.5 Å². The summed E-state index contributed by atoms with van der Waals surface area (Å²) in [7, 11) is 3.33. The van der Waals surface area contributed by atoms with E-state index < -0.39 is 9.05 Å². The van der Waals surface area contributed by atoms with E-state index in [2.05, 4.69) is 0 Å². The number of hydrogen-bond donors (Lipinski definition) is 0. The molecule has 1 aromatic heterocycles. The van der Waals surface area contributed by atoms with E-state index in [0.717, 1.165) is 32.1 Å². The van der Waals surface area contributed by atoms with Gasteiger partial charge in [-0.2, -0.15) is 0 Å². The van der Waals surface area contributed by atoms with E-state index >= 15 is 0 Å². The lowest BCUT2D eigenvalue weighted by atomic mass is 10.2. The number of carbonyl (C=O) groups excluding carboxylic acids is 1. The molecule has 1 amide bonds. The first-order valence-corrected chi connectivity index (χ1v) is 9.57. The van der Waals surface area contributed by atoms with Crippen molar-refractivity contribution < 1.29 is 13.2 Å². The van der Waals surface area contributed by atoms with E-state index in [0.29, 0.717) is 12.2 Å². The smallest absolute Gasteiger partial charge is 0.270 e. The average Bonchev–Trinajstić information content (AvgIpc) is 3.05. The summed E-state index contributed by atoms with van der Waals surface area (Å²) in [6, 6.07) is 1.58. The highest BCUT2D eigenvalue weighted by Crippen LogP contribution is 2.33. The van der Waals surface area contributed by atoms with Gasteiger partial charge in [0.2, 0.25) is 0 Å². The van der Waals surface area contributed by atoms with Crippen molar-refractivity contribution in [1.82, 2.24) is 9.47 Å². The van der Waals surface area contributed by atoms with E-state index in [1.54, 1.807) is 16.5 Å². The van der Waals surface area contributed by atoms with E-state index in [-0.39, 0.29) is 16.8 Å². The first kappa shape index (κ1) is 16.4. The zero-order valence-corrected chi connectivity index (χ0v) is 14.0. The van der Waals surface area contributed by atoms with Crippen molar-refractivity contribution >= 4 is 25.6 Å². The normalized spacial score (nSPS) is 16.3. The maximum atomic E-state index is 12.5. The summed E-state index contributed by atoms with van der Waals surface area (Å²) in [4.78, 5) is 14.1. The van der Waals surface area contributed by atoms with Gasteiger partial charge in [0.15, 0.2) is 0 Å². The minimum Gasteiger partial charge on any atom is -0.340 e. The number of halogens is 1. The summed E-state index contributed by atoms with van der Waals surface area (Å²) in [5.41, 5.74) is 0.414. The molecular weight excluding hydrogens is 312 g/mol. The van der Waals surface area contributed by atoms with Crippen LogP contribution in [0.25, 0.3) is 0 Å². The molecule has 1 heterocycles. The molecule has 118 valence electrons. The fourth-order valence-corrected chi connectivity index (χ4v) is 3.62. The first-order chi connectivity index (χ1) is 9.84. The third-order valence-corrected chi connectivity index (χ3v) is 5.27. The molecule has 0 radical (unpaired) electrons. The van der Waals surface area contributed by atoms with E-state index in [1.807, 2.05) is 6.92 Å². The van der Waals surface area contributed by atoms with Crippen LogP contribution in [0.15, 0.2) is 17.2 Å². The Morgan fingerprint density at radius 2 is 2.05 bits per heavy atom. The van der Waals surface area contributed by atoms with Gasteiger partial charge in [-0.3, -0.25) is 4.79 Å². The maximum absolute atomic E-state index is 12.5. The third-order valence-electron chi connectivity index (χ3n) is 3.95. The standard InChI is InChI=1S/C14H21ClN2O3S/c1-3-8-16(2)14(18)13-9-12(21(15,19)20)10-17(13)11-6-4-5-7-11/h9-11H,3-8H2,1-2H3. The Balaban J connectivity index is 2.42. The summed E-state index contributed by atoms with van der Waals surface area (Å²) >= 11 is 0. The van der Waals surface area contributed by atoms with Crippen LogP contribution in [0.2, 0.25) is 0 Å². The van der Waals surface area contributed by atoms with Crippen LogP contribution in [0.4, 0.5) is 0 Å². The lowest BCUT2D eigenvalue weighted by Gasteiger charge is -2.20. The molecule has 0 bridgehead atoms. The number of nitrogens with zero attached hydrogens (tertiary/aromatic N) is 2. The molecule has 0 saturated heterocycles. The van der Waals surface area contributed by atoms with Gasteiger partial charge >= 0.3 is 0 Å². The van der Waals surface area contributed by atoms with Crippen molar-refractivity contribution in [3.05, 3.63) is 18.0 Å². The van der Waals surface area contributed by atoms with Gasteiger partial charge in [0.1, 0.15) is 10.6 Å². The van der Waals surface area contributed by atoms with Crippen molar-refractivity contribution in [3.8, 4) is 0 Å². The molecule has 7 heteroatoms. The van der Waals surface area contributed by atoms with Crippen molar-refractivity contribution in [2.45, 2.75) is 50.0 Å². The van der Waals surface area contributed by atoms with Crippen LogP contribution >= 0.6 is 10.7 Å². The highest BCUT2D eigenvalue weighted by atomic mass is 35.7. The Hall–Kier alpha value is -1.01. The predicted molar refractivity (Wildman–Crippen MR) is 82.2 cm³/mol. The lowest BCUT2D eigenvalue weighted by Crippen LogP contribution is -2.29. The van der Waals surface area contributed by atoms with Crippen LogP contribution in [0.1, 0.15) is 55.6 Å². The molecule has 0 unspecified atom stereocenters. The van der Waals surface area contributed by atoms with Crippen LogP contribution in [-0.2, 0) is 9.05 Å². The summed E-state index contributed by atoms with van der Waals surface area (Å²) in [5.74, 6) is -0.157. The molecule has 0 spiro atoms. The molecular formula is C14H21ClN2O3S. The maximum Gasteiger partial charge on any atom is 0.270 e.